The molecule has 0 radical (unpaired) electrons. The van der Waals surface area contributed by atoms with Crippen molar-refractivity contribution >= 4 is 56.9 Å². The predicted molar refractivity (Wildman–Crippen MR) is 179 cm³/mol. The van der Waals surface area contributed by atoms with E-state index in [1.807, 2.05) is 0 Å². The van der Waals surface area contributed by atoms with Crippen molar-refractivity contribution in [2.45, 2.75) is 42.9 Å². The smallest absolute Gasteiger partial charge is 0.387 e. The highest BCUT2D eigenvalue weighted by Gasteiger charge is 2.40. The van der Waals surface area contributed by atoms with Gasteiger partial charge < -0.3 is 24.3 Å². The number of ether oxygens (including phenoxy) is 3. The molecule has 0 N–H and O–H groups in total. The molecule has 0 spiro atoms. The first-order valence-corrected chi connectivity index (χ1v) is 18.5. The van der Waals surface area contributed by atoms with E-state index >= 15 is 0 Å². The first-order valence-electron chi connectivity index (χ1n) is 15.1. The van der Waals surface area contributed by atoms with E-state index in [4.69, 9.17) is 32.7 Å². The molecule has 1 aromatic heterocycles. The molecule has 2 atom stereocenters. The molecule has 2 aromatic carbocycles. The van der Waals surface area contributed by atoms with Crippen molar-refractivity contribution in [3.8, 4) is 11.5 Å². The number of esters is 1. The summed E-state index contributed by atoms with van der Waals surface area (Å²) in [6.45, 7) is -2.87. The first kappa shape index (κ1) is 36.9. The van der Waals surface area contributed by atoms with Crippen LogP contribution in [-0.2, 0) is 26.0 Å². The lowest BCUT2D eigenvalue weighted by Gasteiger charge is -2.34. The molecule has 11 nitrogen and oxygen atoms in total. The molecule has 17 heteroatoms. The molecule has 1 aliphatic heterocycles. The van der Waals surface area contributed by atoms with Crippen molar-refractivity contribution in [2.75, 3.05) is 38.8 Å². The van der Waals surface area contributed by atoms with Gasteiger partial charge in [0.05, 0.1) is 11.5 Å². The number of halogens is 4. The summed E-state index contributed by atoms with van der Waals surface area (Å²) in [5.41, 5.74) is 0.706. The summed E-state index contributed by atoms with van der Waals surface area (Å²) in [6.07, 6.45) is 2.67. The van der Waals surface area contributed by atoms with Gasteiger partial charge in [-0.25, -0.2) is 8.42 Å². The Morgan fingerprint density at radius 1 is 1.10 bits per heavy atom. The molecule has 1 saturated carbocycles. The van der Waals surface area contributed by atoms with Gasteiger partial charge in [0, 0.05) is 49.7 Å². The summed E-state index contributed by atoms with van der Waals surface area (Å²) in [5, 5.41) is 11.9. The number of hydrogen-bond acceptors (Lipinski definition) is 9. The molecule has 0 bridgehead atoms. The molecule has 2 aliphatic rings. The van der Waals surface area contributed by atoms with Gasteiger partial charge in [-0.2, -0.15) is 29.6 Å². The Labute approximate surface area is 296 Å². The van der Waals surface area contributed by atoms with Gasteiger partial charge in [0.15, 0.2) is 23.9 Å². The largest absolute Gasteiger partial charge is 0.619 e. The lowest BCUT2D eigenvalue weighted by molar-refractivity contribution is -0.605. The molecule has 49 heavy (non-hydrogen) atoms. The lowest BCUT2D eigenvalue weighted by atomic mass is 10.0. The maximum Gasteiger partial charge on any atom is 0.387 e. The number of pyridine rings is 1. The lowest BCUT2D eigenvalue weighted by Crippen LogP contribution is -2.51. The molecule has 1 amide bonds. The first-order chi connectivity index (χ1) is 23.2. The van der Waals surface area contributed by atoms with Gasteiger partial charge in [-0.1, -0.05) is 35.3 Å². The van der Waals surface area contributed by atoms with Gasteiger partial charge >= 0.3 is 12.6 Å². The average molecular weight is 761 g/mol. The number of benzene rings is 2. The fourth-order valence-electron chi connectivity index (χ4n) is 5.13. The van der Waals surface area contributed by atoms with Crippen LogP contribution in [0.25, 0.3) is 0 Å². The third-order valence-corrected chi connectivity index (χ3v) is 11.5. The van der Waals surface area contributed by atoms with Crippen molar-refractivity contribution in [1.29, 1.82) is 0 Å². The van der Waals surface area contributed by atoms with Crippen LogP contribution < -0.4 is 14.2 Å². The number of nitrogens with zero attached hydrogens (tertiary/aromatic N) is 3. The van der Waals surface area contributed by atoms with Crippen LogP contribution in [0.2, 0.25) is 10.0 Å². The summed E-state index contributed by atoms with van der Waals surface area (Å²) in [6, 6.07) is 8.38. The Bertz CT molecular complexity index is 1790. The number of alkyl halides is 2. The molecule has 2 heterocycles. The predicted octanol–water partition coefficient (Wildman–Crippen LogP) is 5.35. The molecular formula is C32H33Cl2F2N3O8S2. The fourth-order valence-corrected chi connectivity index (χ4v) is 8.59. The van der Waals surface area contributed by atoms with Gasteiger partial charge in [0.2, 0.25) is 10.0 Å². The van der Waals surface area contributed by atoms with Gasteiger partial charge in [-0.05, 0) is 54.7 Å². The second kappa shape index (κ2) is 15.7. The highest BCUT2D eigenvalue weighted by molar-refractivity contribution is 7.99. The van der Waals surface area contributed by atoms with Crippen LogP contribution in [0.15, 0.2) is 59.8 Å². The van der Waals surface area contributed by atoms with Crippen molar-refractivity contribution in [3.05, 3.63) is 86.8 Å². The number of thioether (sulfide) groups is 1. The Morgan fingerprint density at radius 3 is 2.47 bits per heavy atom. The molecule has 5 rings (SSSR count). The van der Waals surface area contributed by atoms with Crippen LogP contribution in [0.4, 0.5) is 8.78 Å². The van der Waals surface area contributed by atoms with E-state index in [9.17, 15) is 32.0 Å². The van der Waals surface area contributed by atoms with Crippen molar-refractivity contribution in [1.82, 2.24) is 9.21 Å². The van der Waals surface area contributed by atoms with Crippen molar-refractivity contribution in [2.24, 2.45) is 5.92 Å². The number of amides is 1. The maximum atomic E-state index is 14.0. The fraction of sp³-hybridized carbons (Fsp3) is 0.406. The number of rotatable bonds is 13. The van der Waals surface area contributed by atoms with E-state index in [0.717, 1.165) is 29.5 Å². The summed E-state index contributed by atoms with van der Waals surface area (Å²) in [5.74, 6) is -0.757. The molecule has 1 saturated heterocycles. The molecular weight excluding hydrogens is 727 g/mol. The Kier molecular flexibility index (Phi) is 11.8. The molecule has 2 fully saturated rings. The van der Waals surface area contributed by atoms with Crippen LogP contribution in [0.1, 0.15) is 40.4 Å². The monoisotopic (exact) mass is 759 g/mol. The van der Waals surface area contributed by atoms with Gasteiger partial charge in [0.1, 0.15) is 22.2 Å². The van der Waals surface area contributed by atoms with Crippen molar-refractivity contribution < 1.29 is 45.7 Å². The number of hydrogen-bond donors (Lipinski definition) is 0. The topological polar surface area (TPSA) is 129 Å². The van der Waals surface area contributed by atoms with E-state index in [0.29, 0.717) is 16.0 Å². The number of carbonyl (C=O) groups excluding carboxylic acids is 2. The van der Waals surface area contributed by atoms with Gasteiger partial charge in [-0.3, -0.25) is 9.59 Å². The maximum absolute atomic E-state index is 14.0. The minimum Gasteiger partial charge on any atom is -0.619 e. The third kappa shape index (κ3) is 9.06. The quantitative estimate of drug-likeness (QED) is 0.129. The standard InChI is InChI=1S/C32H33Cl2F2N3O8S2/c1-37(2)30(40)21-4-3-5-22(12-21)49(43,44)39-10-11-48-18-26(39)31(41)46-28(14-23-24(33)15-38(42)16-25(23)34)20-8-9-27(47-32(35)36)29(13-20)45-17-19-6-7-19/h3-5,8-9,12-13,15-16,19,26,28,32H,6-7,10-11,14,17-18H2,1-2H3/t26?,28-/m0/s1. The summed E-state index contributed by atoms with van der Waals surface area (Å²) in [7, 11) is -1.20. The number of aromatic nitrogens is 1. The number of sulfonamides is 1. The van der Waals surface area contributed by atoms with Crippen LogP contribution in [0.3, 0.4) is 0 Å². The summed E-state index contributed by atoms with van der Waals surface area (Å²) < 4.78 is 72.3. The molecule has 264 valence electrons. The SMILES string of the molecule is CN(C)C(=O)c1cccc(S(=O)(=O)N2CCSCC2C(=O)O[C@@H](Cc2c(Cl)c[n+]([O-])cc2Cl)c2ccc(OC(F)F)c(OCC3CC3)c2)c1. The minimum atomic E-state index is -4.29. The van der Waals surface area contributed by atoms with E-state index in [1.165, 1.54) is 59.1 Å². The van der Waals surface area contributed by atoms with Crippen molar-refractivity contribution in [3.63, 3.8) is 0 Å². The van der Waals surface area contributed by atoms with Gasteiger partial charge in [0.25, 0.3) is 5.91 Å². The van der Waals surface area contributed by atoms with E-state index in [1.54, 1.807) is 14.1 Å². The zero-order chi connectivity index (χ0) is 35.5. The Hall–Kier alpha value is -3.37. The normalized spacial score (nSPS) is 17.4. The van der Waals surface area contributed by atoms with Gasteiger partial charge in [-0.15, -0.1) is 0 Å². The third-order valence-electron chi connectivity index (χ3n) is 7.88. The Morgan fingerprint density at radius 2 is 1.82 bits per heavy atom. The molecule has 1 aliphatic carbocycles. The van der Waals surface area contributed by atoms with Crippen LogP contribution >= 0.6 is 35.0 Å². The minimum absolute atomic E-state index is 0.00187. The zero-order valence-corrected chi connectivity index (χ0v) is 29.5. The van der Waals surface area contributed by atoms with Crippen LogP contribution in [0.5, 0.6) is 11.5 Å². The summed E-state index contributed by atoms with van der Waals surface area (Å²) >= 11 is 14.1. The second-order valence-electron chi connectivity index (χ2n) is 11.7. The Balaban J connectivity index is 1.49. The van der Waals surface area contributed by atoms with E-state index < -0.39 is 40.7 Å². The average Bonchev–Trinajstić information content (AvgIpc) is 3.89. The zero-order valence-electron chi connectivity index (χ0n) is 26.4. The molecule has 3 aromatic rings. The highest BCUT2D eigenvalue weighted by atomic mass is 35.5. The second-order valence-corrected chi connectivity index (χ2v) is 15.5. The van der Waals surface area contributed by atoms with Crippen LogP contribution in [0, 0.1) is 11.1 Å². The number of carbonyl (C=O) groups is 2. The van der Waals surface area contributed by atoms with Crippen LogP contribution in [-0.4, -0.2) is 80.9 Å². The van der Waals surface area contributed by atoms with E-state index in [2.05, 4.69) is 4.74 Å². The van der Waals surface area contributed by atoms with E-state index in [-0.39, 0.29) is 68.8 Å². The molecule has 1 unspecified atom stereocenters. The highest BCUT2D eigenvalue weighted by Crippen LogP contribution is 2.38. The summed E-state index contributed by atoms with van der Waals surface area (Å²) in [4.78, 5) is 27.7.